The van der Waals surface area contributed by atoms with E-state index in [0.717, 1.165) is 10.7 Å². The zero-order valence-electron chi connectivity index (χ0n) is 16.7. The van der Waals surface area contributed by atoms with Crippen molar-refractivity contribution in [3.05, 3.63) is 71.6 Å². The molecule has 1 amide bonds. The van der Waals surface area contributed by atoms with Gasteiger partial charge in [-0.05, 0) is 30.7 Å². The molecule has 0 saturated carbocycles. The van der Waals surface area contributed by atoms with Gasteiger partial charge in [-0.2, -0.15) is 0 Å². The maximum atomic E-state index is 13.2. The van der Waals surface area contributed by atoms with Crippen molar-refractivity contribution in [1.29, 1.82) is 0 Å². The first-order valence-corrected chi connectivity index (χ1v) is 11.3. The van der Waals surface area contributed by atoms with Crippen LogP contribution in [0.1, 0.15) is 35.9 Å². The SMILES string of the molecule is CCCCN1C(=O)C(Nc2ccc3oc(C(=O)O)cc3c2)=C(c2ccccc2)S1(O)O. The fraction of sp³-hybridized carbons (Fsp3) is 0.182. The van der Waals surface area contributed by atoms with Crippen LogP contribution in [0.3, 0.4) is 0 Å². The highest BCUT2D eigenvalue weighted by Gasteiger charge is 2.44. The number of unbranched alkanes of at least 4 members (excludes halogenated alkanes) is 1. The fourth-order valence-corrected chi connectivity index (χ4v) is 5.28. The molecule has 0 saturated heterocycles. The molecule has 0 unspecified atom stereocenters. The van der Waals surface area contributed by atoms with Crippen molar-refractivity contribution in [2.24, 2.45) is 0 Å². The number of carbonyl (C=O) groups excluding carboxylic acids is 1. The predicted octanol–water partition coefficient (Wildman–Crippen LogP) is 5.22. The minimum atomic E-state index is -3.52. The molecule has 4 N–H and O–H groups in total. The number of carboxylic acids is 1. The van der Waals surface area contributed by atoms with Gasteiger partial charge in [0.25, 0.3) is 5.91 Å². The first-order valence-electron chi connectivity index (χ1n) is 9.76. The van der Waals surface area contributed by atoms with E-state index >= 15 is 0 Å². The second-order valence-electron chi connectivity index (χ2n) is 7.14. The number of amides is 1. The lowest BCUT2D eigenvalue weighted by atomic mass is 10.1. The van der Waals surface area contributed by atoms with E-state index in [0.29, 0.717) is 28.6 Å². The summed E-state index contributed by atoms with van der Waals surface area (Å²) in [7, 11) is -3.52. The van der Waals surface area contributed by atoms with E-state index in [9.17, 15) is 18.7 Å². The molecule has 0 radical (unpaired) electrons. The molecule has 162 valence electrons. The van der Waals surface area contributed by atoms with Gasteiger partial charge in [-0.15, -0.1) is 0 Å². The van der Waals surface area contributed by atoms with Gasteiger partial charge in [0.05, 0.1) is 0 Å². The maximum absolute atomic E-state index is 13.2. The molecule has 3 aromatic rings. The average molecular weight is 442 g/mol. The van der Waals surface area contributed by atoms with Gasteiger partial charge in [-0.25, -0.2) is 9.10 Å². The normalized spacial score (nSPS) is 16.7. The van der Waals surface area contributed by atoms with Gasteiger partial charge in [0.1, 0.15) is 16.2 Å². The average Bonchev–Trinajstić information content (AvgIpc) is 3.24. The smallest absolute Gasteiger partial charge is 0.371 e. The summed E-state index contributed by atoms with van der Waals surface area (Å²) in [5.74, 6) is -1.86. The van der Waals surface area contributed by atoms with E-state index in [2.05, 4.69) is 5.32 Å². The zero-order valence-corrected chi connectivity index (χ0v) is 17.6. The Morgan fingerprint density at radius 2 is 1.87 bits per heavy atom. The Labute approximate surface area is 180 Å². The van der Waals surface area contributed by atoms with Crippen molar-refractivity contribution in [3.63, 3.8) is 0 Å². The molecular weight excluding hydrogens is 420 g/mol. The fourth-order valence-electron chi connectivity index (χ4n) is 3.49. The van der Waals surface area contributed by atoms with E-state index in [1.165, 1.54) is 6.07 Å². The predicted molar refractivity (Wildman–Crippen MR) is 120 cm³/mol. The molecule has 31 heavy (non-hydrogen) atoms. The van der Waals surface area contributed by atoms with Crippen LogP contribution in [0.4, 0.5) is 5.69 Å². The summed E-state index contributed by atoms with van der Waals surface area (Å²) in [6.45, 7) is 2.18. The van der Waals surface area contributed by atoms with Crippen LogP contribution < -0.4 is 5.32 Å². The third-order valence-corrected chi connectivity index (χ3v) is 6.95. The highest BCUT2D eigenvalue weighted by Crippen LogP contribution is 2.62. The number of carbonyl (C=O) groups is 2. The monoisotopic (exact) mass is 442 g/mol. The number of rotatable bonds is 7. The Bertz CT molecular complexity index is 1190. The van der Waals surface area contributed by atoms with Crippen LogP contribution in [0.15, 0.2) is 64.7 Å². The Kier molecular flexibility index (Phi) is 5.48. The molecule has 1 aliphatic heterocycles. The van der Waals surface area contributed by atoms with E-state index in [1.54, 1.807) is 48.5 Å². The third-order valence-electron chi connectivity index (χ3n) is 5.00. The topological polar surface area (TPSA) is 123 Å². The first kappa shape index (κ1) is 21.0. The summed E-state index contributed by atoms with van der Waals surface area (Å²) in [5.41, 5.74) is 1.51. The molecule has 0 atom stereocenters. The van der Waals surface area contributed by atoms with Crippen molar-refractivity contribution in [3.8, 4) is 0 Å². The number of nitrogens with one attached hydrogen (secondary N) is 1. The summed E-state index contributed by atoms with van der Waals surface area (Å²) in [6, 6.07) is 15.1. The Morgan fingerprint density at radius 3 is 2.55 bits per heavy atom. The van der Waals surface area contributed by atoms with E-state index in [-0.39, 0.29) is 22.9 Å². The molecular formula is C22H22N2O6S. The summed E-state index contributed by atoms with van der Waals surface area (Å²) >= 11 is 0. The van der Waals surface area contributed by atoms with E-state index in [1.807, 2.05) is 6.92 Å². The van der Waals surface area contributed by atoms with Crippen LogP contribution in [-0.2, 0) is 4.79 Å². The van der Waals surface area contributed by atoms with Crippen molar-refractivity contribution in [2.45, 2.75) is 19.8 Å². The van der Waals surface area contributed by atoms with Crippen LogP contribution >= 0.6 is 10.8 Å². The summed E-state index contributed by atoms with van der Waals surface area (Å²) in [6.07, 6.45) is 1.43. The Morgan fingerprint density at radius 1 is 1.13 bits per heavy atom. The molecule has 2 aromatic carbocycles. The number of anilines is 1. The standard InChI is InChI=1S/C22H22N2O6S/c1-2-3-11-24-21(25)19(20(31(24,28)29)14-7-5-4-6-8-14)23-16-9-10-17-15(12-16)13-18(30-17)22(26)27/h4-10,12-13,23,28-29H,2-3,11H2,1H3,(H,26,27). The minimum Gasteiger partial charge on any atom is -0.475 e. The van der Waals surface area contributed by atoms with Gasteiger partial charge in [-0.3, -0.25) is 13.9 Å². The number of fused-ring (bicyclic) bond motifs is 1. The maximum Gasteiger partial charge on any atom is 0.371 e. The number of carboxylic acid groups (broad SMARTS) is 1. The zero-order chi connectivity index (χ0) is 22.2. The van der Waals surface area contributed by atoms with Crippen LogP contribution in [0.2, 0.25) is 0 Å². The van der Waals surface area contributed by atoms with Crippen molar-refractivity contribution >= 4 is 44.2 Å². The second kappa shape index (κ2) is 8.10. The van der Waals surface area contributed by atoms with Crippen LogP contribution in [0.25, 0.3) is 15.9 Å². The van der Waals surface area contributed by atoms with Crippen molar-refractivity contribution in [2.75, 3.05) is 11.9 Å². The second-order valence-corrected chi connectivity index (χ2v) is 9.03. The largest absolute Gasteiger partial charge is 0.475 e. The summed E-state index contributed by atoms with van der Waals surface area (Å²) in [4.78, 5) is 24.5. The molecule has 4 rings (SSSR count). The number of furan rings is 1. The van der Waals surface area contributed by atoms with Gasteiger partial charge in [0, 0.05) is 23.2 Å². The number of hydrogen-bond donors (Lipinski definition) is 4. The van der Waals surface area contributed by atoms with E-state index < -0.39 is 22.7 Å². The molecule has 0 aliphatic carbocycles. The number of aromatic carboxylic acids is 1. The van der Waals surface area contributed by atoms with Crippen LogP contribution in [0, 0.1) is 0 Å². The van der Waals surface area contributed by atoms with Crippen LogP contribution in [-0.4, -0.2) is 36.9 Å². The molecule has 8 nitrogen and oxygen atoms in total. The molecule has 0 spiro atoms. The highest BCUT2D eigenvalue weighted by atomic mass is 32.3. The van der Waals surface area contributed by atoms with E-state index in [4.69, 9.17) is 9.52 Å². The first-order chi connectivity index (χ1) is 14.8. The number of hydrogen-bond acceptors (Lipinski definition) is 6. The van der Waals surface area contributed by atoms with Crippen LogP contribution in [0.5, 0.6) is 0 Å². The number of nitrogens with zero attached hydrogens (tertiary/aromatic N) is 1. The lowest BCUT2D eigenvalue weighted by Crippen LogP contribution is -2.31. The van der Waals surface area contributed by atoms with Gasteiger partial charge in [-0.1, -0.05) is 54.5 Å². The van der Waals surface area contributed by atoms with Gasteiger partial charge in [0.2, 0.25) is 5.76 Å². The molecule has 9 heteroatoms. The third kappa shape index (κ3) is 3.78. The molecule has 1 aromatic heterocycles. The van der Waals surface area contributed by atoms with Gasteiger partial charge >= 0.3 is 5.97 Å². The Balaban J connectivity index is 1.78. The molecule has 1 aliphatic rings. The van der Waals surface area contributed by atoms with Crippen molar-refractivity contribution in [1.82, 2.24) is 4.31 Å². The molecule has 0 bridgehead atoms. The quantitative estimate of drug-likeness (QED) is 0.395. The Hall–Kier alpha value is -3.27. The summed E-state index contributed by atoms with van der Waals surface area (Å²) < 4.78 is 28.4. The highest BCUT2D eigenvalue weighted by molar-refractivity contribution is 8.31. The molecule has 0 fully saturated rings. The lowest BCUT2D eigenvalue weighted by molar-refractivity contribution is -0.122. The van der Waals surface area contributed by atoms with Gasteiger partial charge < -0.3 is 14.8 Å². The lowest BCUT2D eigenvalue weighted by Gasteiger charge is -2.38. The van der Waals surface area contributed by atoms with Gasteiger partial charge in [0.15, 0.2) is 0 Å². The molecule has 2 heterocycles. The summed E-state index contributed by atoms with van der Waals surface area (Å²) in [5, 5.41) is 12.7. The minimum absolute atomic E-state index is 0.0867. The number of benzene rings is 2. The van der Waals surface area contributed by atoms with Crippen molar-refractivity contribution < 1.29 is 28.2 Å².